The summed E-state index contributed by atoms with van der Waals surface area (Å²) in [5.74, 6) is 0. The first-order valence-corrected chi connectivity index (χ1v) is 6.81. The minimum atomic E-state index is 0.556. The molecular formula is C13H27N3. The molecule has 0 atom stereocenters. The molecule has 2 saturated heterocycles. The second-order valence-electron chi connectivity index (χ2n) is 6.14. The molecule has 0 aliphatic carbocycles. The van der Waals surface area contributed by atoms with E-state index in [-0.39, 0.29) is 0 Å². The Balaban J connectivity index is 1.67. The van der Waals surface area contributed by atoms with E-state index in [4.69, 9.17) is 0 Å². The zero-order valence-corrected chi connectivity index (χ0v) is 11.0. The van der Waals surface area contributed by atoms with Gasteiger partial charge in [-0.2, -0.15) is 0 Å². The Hall–Kier alpha value is -0.120. The van der Waals surface area contributed by atoms with Gasteiger partial charge in [-0.25, -0.2) is 0 Å². The van der Waals surface area contributed by atoms with Crippen molar-refractivity contribution in [3.8, 4) is 0 Å². The van der Waals surface area contributed by atoms with Crippen LogP contribution >= 0.6 is 0 Å². The van der Waals surface area contributed by atoms with Crippen molar-refractivity contribution >= 4 is 0 Å². The first-order valence-electron chi connectivity index (χ1n) is 6.81. The van der Waals surface area contributed by atoms with Crippen LogP contribution in [0.3, 0.4) is 0 Å². The van der Waals surface area contributed by atoms with Crippen molar-refractivity contribution in [2.75, 3.05) is 52.4 Å². The predicted molar refractivity (Wildman–Crippen MR) is 68.8 cm³/mol. The Labute approximate surface area is 100 Å². The highest BCUT2D eigenvalue weighted by Gasteiger charge is 2.28. The maximum atomic E-state index is 3.46. The van der Waals surface area contributed by atoms with E-state index >= 15 is 0 Å². The van der Waals surface area contributed by atoms with E-state index in [1.165, 1.54) is 65.2 Å². The maximum absolute atomic E-state index is 3.46. The summed E-state index contributed by atoms with van der Waals surface area (Å²) in [6, 6.07) is 0. The second kappa shape index (κ2) is 5.48. The van der Waals surface area contributed by atoms with E-state index in [1.807, 2.05) is 0 Å². The van der Waals surface area contributed by atoms with E-state index in [1.54, 1.807) is 0 Å². The van der Waals surface area contributed by atoms with Gasteiger partial charge in [0.2, 0.25) is 0 Å². The summed E-state index contributed by atoms with van der Waals surface area (Å²) in [4.78, 5) is 5.25. The van der Waals surface area contributed by atoms with Gasteiger partial charge in [0.25, 0.3) is 0 Å². The van der Waals surface area contributed by atoms with Crippen molar-refractivity contribution < 1.29 is 0 Å². The van der Waals surface area contributed by atoms with Gasteiger partial charge < -0.3 is 15.1 Å². The number of nitrogens with one attached hydrogen (secondary N) is 1. The minimum Gasteiger partial charge on any atom is -0.315 e. The Morgan fingerprint density at radius 1 is 1.00 bits per heavy atom. The average Bonchev–Trinajstić information content (AvgIpc) is 2.47. The first kappa shape index (κ1) is 12.3. The van der Waals surface area contributed by atoms with E-state index in [9.17, 15) is 0 Å². The van der Waals surface area contributed by atoms with Crippen LogP contribution in [-0.2, 0) is 0 Å². The van der Waals surface area contributed by atoms with Gasteiger partial charge in [-0.3, -0.25) is 0 Å². The Kier molecular flexibility index (Phi) is 4.22. The quantitative estimate of drug-likeness (QED) is 0.773. The summed E-state index contributed by atoms with van der Waals surface area (Å²) >= 11 is 0. The molecule has 2 aliphatic rings. The summed E-state index contributed by atoms with van der Waals surface area (Å²) in [5, 5.41) is 3.46. The molecule has 94 valence electrons. The number of likely N-dealkylation sites (tertiary alicyclic amines) is 1. The molecule has 0 aromatic carbocycles. The van der Waals surface area contributed by atoms with Crippen molar-refractivity contribution in [1.29, 1.82) is 0 Å². The van der Waals surface area contributed by atoms with Crippen LogP contribution in [-0.4, -0.2) is 62.2 Å². The van der Waals surface area contributed by atoms with Crippen LogP contribution in [0.25, 0.3) is 0 Å². The van der Waals surface area contributed by atoms with Crippen molar-refractivity contribution in [2.24, 2.45) is 5.41 Å². The Morgan fingerprint density at radius 2 is 1.81 bits per heavy atom. The molecule has 2 heterocycles. The van der Waals surface area contributed by atoms with Crippen LogP contribution in [0.1, 0.15) is 26.7 Å². The van der Waals surface area contributed by atoms with Crippen LogP contribution < -0.4 is 5.32 Å². The fraction of sp³-hybridized carbons (Fsp3) is 1.00. The molecule has 16 heavy (non-hydrogen) atoms. The molecule has 0 radical (unpaired) electrons. The molecule has 1 N–H and O–H groups in total. The van der Waals surface area contributed by atoms with Crippen molar-refractivity contribution in [3.63, 3.8) is 0 Å². The van der Waals surface area contributed by atoms with Crippen molar-refractivity contribution in [2.45, 2.75) is 26.7 Å². The van der Waals surface area contributed by atoms with Crippen LogP contribution in [0.2, 0.25) is 0 Å². The lowest BCUT2D eigenvalue weighted by Crippen LogP contribution is -2.36. The van der Waals surface area contributed by atoms with Crippen molar-refractivity contribution in [3.05, 3.63) is 0 Å². The molecule has 3 nitrogen and oxygen atoms in total. The number of rotatable bonds is 3. The molecule has 0 amide bonds. The topological polar surface area (TPSA) is 18.5 Å². The molecule has 0 saturated carbocycles. The summed E-state index contributed by atoms with van der Waals surface area (Å²) in [7, 11) is 0. The summed E-state index contributed by atoms with van der Waals surface area (Å²) in [6.07, 6.45) is 2.68. The van der Waals surface area contributed by atoms with Gasteiger partial charge in [0.05, 0.1) is 0 Å². The van der Waals surface area contributed by atoms with Gasteiger partial charge in [0, 0.05) is 32.7 Å². The van der Waals surface area contributed by atoms with Crippen molar-refractivity contribution in [1.82, 2.24) is 15.1 Å². The zero-order valence-electron chi connectivity index (χ0n) is 11.0. The van der Waals surface area contributed by atoms with Crippen LogP contribution in [0.5, 0.6) is 0 Å². The largest absolute Gasteiger partial charge is 0.315 e. The van der Waals surface area contributed by atoms with Gasteiger partial charge in [0.1, 0.15) is 0 Å². The molecule has 2 fully saturated rings. The maximum Gasteiger partial charge on any atom is 0.0110 e. The highest BCUT2D eigenvalue weighted by Crippen LogP contribution is 2.28. The van der Waals surface area contributed by atoms with Gasteiger partial charge >= 0.3 is 0 Å². The highest BCUT2D eigenvalue weighted by atomic mass is 15.2. The van der Waals surface area contributed by atoms with E-state index in [0.717, 1.165) is 0 Å². The predicted octanol–water partition coefficient (Wildman–Crippen LogP) is 1.01. The number of hydrogen-bond donors (Lipinski definition) is 1. The van der Waals surface area contributed by atoms with Crippen LogP contribution in [0.4, 0.5) is 0 Å². The Bertz CT molecular complexity index is 202. The first-order chi connectivity index (χ1) is 7.66. The summed E-state index contributed by atoms with van der Waals surface area (Å²) in [6.45, 7) is 14.8. The molecule has 0 bridgehead atoms. The molecule has 3 heteroatoms. The number of hydrogen-bond acceptors (Lipinski definition) is 3. The van der Waals surface area contributed by atoms with Crippen LogP contribution in [0, 0.1) is 5.41 Å². The molecule has 0 aromatic rings. The lowest BCUT2D eigenvalue weighted by Gasteiger charge is -2.24. The second-order valence-corrected chi connectivity index (χ2v) is 6.14. The van der Waals surface area contributed by atoms with Gasteiger partial charge in [-0.05, 0) is 37.9 Å². The molecule has 0 unspecified atom stereocenters. The molecule has 2 aliphatic heterocycles. The average molecular weight is 225 g/mol. The fourth-order valence-corrected chi connectivity index (χ4v) is 2.82. The standard InChI is InChI=1S/C13H27N3/c1-13(2)4-8-16(12-13)11-10-15-7-3-5-14-6-9-15/h14H,3-12H2,1-2H3. The summed E-state index contributed by atoms with van der Waals surface area (Å²) in [5.41, 5.74) is 0.556. The van der Waals surface area contributed by atoms with E-state index in [0.29, 0.717) is 5.41 Å². The van der Waals surface area contributed by atoms with Gasteiger partial charge in [0.15, 0.2) is 0 Å². The third kappa shape index (κ3) is 3.72. The normalized spacial score (nSPS) is 28.1. The lowest BCUT2D eigenvalue weighted by molar-refractivity contribution is 0.222. The third-order valence-corrected chi connectivity index (χ3v) is 3.92. The van der Waals surface area contributed by atoms with Gasteiger partial charge in [-0.15, -0.1) is 0 Å². The zero-order chi connectivity index (χ0) is 11.4. The fourth-order valence-electron chi connectivity index (χ4n) is 2.82. The minimum absolute atomic E-state index is 0.556. The molecule has 0 spiro atoms. The third-order valence-electron chi connectivity index (χ3n) is 3.92. The molecule has 2 rings (SSSR count). The molecule has 0 aromatic heterocycles. The monoisotopic (exact) mass is 225 g/mol. The Morgan fingerprint density at radius 3 is 2.56 bits per heavy atom. The lowest BCUT2D eigenvalue weighted by atomic mass is 9.93. The smallest absolute Gasteiger partial charge is 0.0110 e. The number of nitrogens with zero attached hydrogens (tertiary/aromatic N) is 2. The SMILES string of the molecule is CC1(C)CCN(CCN2CCCNCC2)C1. The van der Waals surface area contributed by atoms with E-state index in [2.05, 4.69) is 29.0 Å². The summed E-state index contributed by atoms with van der Waals surface area (Å²) < 4.78 is 0. The van der Waals surface area contributed by atoms with Gasteiger partial charge in [-0.1, -0.05) is 13.8 Å². The van der Waals surface area contributed by atoms with E-state index < -0.39 is 0 Å². The molecular weight excluding hydrogens is 198 g/mol. The highest BCUT2D eigenvalue weighted by molar-refractivity contribution is 4.83. The van der Waals surface area contributed by atoms with Crippen LogP contribution in [0.15, 0.2) is 0 Å².